The SMILES string of the molecule is O=C([O-])CCc1cc2c(cc1[N+](=O)[O-])CCC(=O)N2. The minimum Gasteiger partial charge on any atom is -0.550 e. The first-order valence-electron chi connectivity index (χ1n) is 5.77. The molecule has 0 atom stereocenters. The fourth-order valence-electron chi connectivity index (χ4n) is 2.07. The Kier molecular flexibility index (Phi) is 3.46. The molecule has 0 aromatic heterocycles. The van der Waals surface area contributed by atoms with Gasteiger partial charge in [-0.05, 0) is 30.9 Å². The van der Waals surface area contributed by atoms with Gasteiger partial charge in [-0.2, -0.15) is 0 Å². The van der Waals surface area contributed by atoms with Gasteiger partial charge >= 0.3 is 0 Å². The van der Waals surface area contributed by atoms with Crippen LogP contribution >= 0.6 is 0 Å². The smallest absolute Gasteiger partial charge is 0.273 e. The van der Waals surface area contributed by atoms with Crippen molar-refractivity contribution < 1.29 is 19.6 Å². The Morgan fingerprint density at radius 1 is 1.37 bits per heavy atom. The first-order chi connectivity index (χ1) is 8.97. The van der Waals surface area contributed by atoms with Crippen LogP contribution in [0.2, 0.25) is 0 Å². The number of benzene rings is 1. The molecule has 1 heterocycles. The van der Waals surface area contributed by atoms with Crippen LogP contribution in [-0.2, 0) is 22.4 Å². The Bertz CT molecular complexity index is 567. The molecule has 1 aliphatic rings. The van der Waals surface area contributed by atoms with Gasteiger partial charge in [-0.25, -0.2) is 0 Å². The van der Waals surface area contributed by atoms with Crippen molar-refractivity contribution >= 4 is 23.3 Å². The molecule has 0 spiro atoms. The Labute approximate surface area is 108 Å². The number of amides is 1. The number of fused-ring (bicyclic) bond motifs is 1. The van der Waals surface area contributed by atoms with Gasteiger partial charge in [0.15, 0.2) is 0 Å². The van der Waals surface area contributed by atoms with Crippen LogP contribution in [0.5, 0.6) is 0 Å². The summed E-state index contributed by atoms with van der Waals surface area (Å²) in [7, 11) is 0. The minimum absolute atomic E-state index is 0.00178. The van der Waals surface area contributed by atoms with Crippen molar-refractivity contribution in [3.05, 3.63) is 33.4 Å². The summed E-state index contributed by atoms with van der Waals surface area (Å²) in [6.07, 6.45) is 0.445. The van der Waals surface area contributed by atoms with Crippen LogP contribution in [0.15, 0.2) is 12.1 Å². The number of carboxylic acids is 1. The number of aliphatic carboxylic acids is 1. The van der Waals surface area contributed by atoms with E-state index in [2.05, 4.69) is 5.32 Å². The molecule has 0 fully saturated rings. The molecule has 0 saturated heterocycles. The molecule has 7 nitrogen and oxygen atoms in total. The molecule has 1 aromatic carbocycles. The van der Waals surface area contributed by atoms with Crippen molar-refractivity contribution in [3.8, 4) is 0 Å². The first-order valence-corrected chi connectivity index (χ1v) is 5.77. The van der Waals surface area contributed by atoms with Crippen molar-refractivity contribution in [2.75, 3.05) is 5.32 Å². The van der Waals surface area contributed by atoms with E-state index in [1.54, 1.807) is 0 Å². The fourth-order valence-corrected chi connectivity index (χ4v) is 2.07. The summed E-state index contributed by atoms with van der Waals surface area (Å²) in [5, 5.41) is 24.0. The van der Waals surface area contributed by atoms with E-state index in [0.29, 0.717) is 24.1 Å². The molecule has 1 N–H and O–H groups in total. The normalized spacial score (nSPS) is 13.6. The quantitative estimate of drug-likeness (QED) is 0.614. The molecule has 0 unspecified atom stereocenters. The lowest BCUT2D eigenvalue weighted by Crippen LogP contribution is -2.23. The number of hydrogen-bond acceptors (Lipinski definition) is 5. The molecule has 19 heavy (non-hydrogen) atoms. The number of carboxylic acid groups (broad SMARTS) is 1. The number of carbonyl (C=O) groups excluding carboxylic acids is 2. The maximum atomic E-state index is 11.3. The highest BCUT2D eigenvalue weighted by Gasteiger charge is 2.22. The van der Waals surface area contributed by atoms with E-state index in [0.717, 1.165) is 0 Å². The zero-order valence-electron chi connectivity index (χ0n) is 9.97. The second-order valence-corrected chi connectivity index (χ2v) is 4.32. The summed E-state index contributed by atoms with van der Waals surface area (Å²) in [5.74, 6) is -1.41. The molecule has 0 saturated carbocycles. The van der Waals surface area contributed by atoms with Gasteiger partial charge in [-0.3, -0.25) is 14.9 Å². The van der Waals surface area contributed by atoms with Crippen LogP contribution in [-0.4, -0.2) is 16.8 Å². The summed E-state index contributed by atoms with van der Waals surface area (Å²) in [6, 6.07) is 2.88. The van der Waals surface area contributed by atoms with E-state index in [1.165, 1.54) is 12.1 Å². The standard InChI is InChI=1S/C12H12N2O5/c15-11-3-1-7-6-10(14(18)19)8(2-4-12(16)17)5-9(7)13-11/h5-6H,1-4H2,(H,13,15)(H,16,17)/p-1. The number of carbonyl (C=O) groups is 2. The number of rotatable bonds is 4. The lowest BCUT2D eigenvalue weighted by Gasteiger charge is -2.18. The summed E-state index contributed by atoms with van der Waals surface area (Å²) >= 11 is 0. The average Bonchev–Trinajstić information content (AvgIpc) is 2.34. The highest BCUT2D eigenvalue weighted by Crippen LogP contribution is 2.31. The number of hydrogen-bond donors (Lipinski definition) is 1. The summed E-state index contributed by atoms with van der Waals surface area (Å²) in [5.41, 5.74) is 1.39. The molecule has 1 aromatic rings. The Balaban J connectivity index is 2.39. The third kappa shape index (κ3) is 2.87. The predicted molar refractivity (Wildman–Crippen MR) is 63.4 cm³/mol. The maximum Gasteiger partial charge on any atom is 0.273 e. The van der Waals surface area contributed by atoms with Gasteiger partial charge in [0.25, 0.3) is 5.69 Å². The van der Waals surface area contributed by atoms with Crippen LogP contribution in [0.3, 0.4) is 0 Å². The molecular formula is C12H11N2O5-. The van der Waals surface area contributed by atoms with E-state index >= 15 is 0 Å². The van der Waals surface area contributed by atoms with Crippen LogP contribution in [0.25, 0.3) is 0 Å². The molecule has 0 bridgehead atoms. The molecule has 7 heteroatoms. The number of aryl methyl sites for hydroxylation is 2. The van der Waals surface area contributed by atoms with Crippen molar-refractivity contribution in [2.45, 2.75) is 25.7 Å². The molecule has 1 amide bonds. The second kappa shape index (κ2) is 5.05. The second-order valence-electron chi connectivity index (χ2n) is 4.32. The van der Waals surface area contributed by atoms with Crippen LogP contribution in [0.1, 0.15) is 24.0 Å². The zero-order valence-corrected chi connectivity index (χ0v) is 9.97. The Morgan fingerprint density at radius 2 is 2.11 bits per heavy atom. The predicted octanol–water partition coefficient (Wildman–Crippen LogP) is 0.162. The zero-order chi connectivity index (χ0) is 14.0. The number of nitro groups is 1. The molecule has 0 radical (unpaired) electrons. The van der Waals surface area contributed by atoms with Gasteiger partial charge in [0.1, 0.15) is 0 Å². The van der Waals surface area contributed by atoms with E-state index in [1.807, 2.05) is 0 Å². The van der Waals surface area contributed by atoms with Gasteiger partial charge < -0.3 is 15.2 Å². The van der Waals surface area contributed by atoms with Crippen molar-refractivity contribution in [1.82, 2.24) is 0 Å². The van der Waals surface area contributed by atoms with Crippen LogP contribution in [0.4, 0.5) is 11.4 Å². The minimum atomic E-state index is -1.27. The largest absolute Gasteiger partial charge is 0.550 e. The molecule has 2 rings (SSSR count). The molecule has 1 aliphatic heterocycles. The van der Waals surface area contributed by atoms with Crippen LogP contribution in [0, 0.1) is 10.1 Å². The monoisotopic (exact) mass is 263 g/mol. The summed E-state index contributed by atoms with van der Waals surface area (Å²) in [6.45, 7) is 0. The molecule has 100 valence electrons. The van der Waals surface area contributed by atoms with Crippen molar-refractivity contribution in [1.29, 1.82) is 0 Å². The van der Waals surface area contributed by atoms with Gasteiger partial charge in [0.05, 0.1) is 4.92 Å². The third-order valence-electron chi connectivity index (χ3n) is 3.00. The van der Waals surface area contributed by atoms with E-state index in [-0.39, 0.29) is 30.0 Å². The number of nitro benzene ring substituents is 1. The highest BCUT2D eigenvalue weighted by atomic mass is 16.6. The average molecular weight is 263 g/mol. The van der Waals surface area contributed by atoms with Gasteiger partial charge in [0, 0.05) is 29.7 Å². The van der Waals surface area contributed by atoms with E-state index < -0.39 is 10.9 Å². The number of nitrogens with zero attached hydrogens (tertiary/aromatic N) is 1. The lowest BCUT2D eigenvalue weighted by atomic mass is 9.97. The number of anilines is 1. The Morgan fingerprint density at radius 3 is 2.74 bits per heavy atom. The topological polar surface area (TPSA) is 112 Å². The summed E-state index contributed by atoms with van der Waals surface area (Å²) in [4.78, 5) is 32.1. The molecular weight excluding hydrogens is 252 g/mol. The maximum absolute atomic E-state index is 11.3. The van der Waals surface area contributed by atoms with Crippen molar-refractivity contribution in [3.63, 3.8) is 0 Å². The van der Waals surface area contributed by atoms with Gasteiger partial charge in [0.2, 0.25) is 5.91 Å². The van der Waals surface area contributed by atoms with Gasteiger partial charge in [-0.1, -0.05) is 0 Å². The first kappa shape index (κ1) is 13.0. The summed E-state index contributed by atoms with van der Waals surface area (Å²) < 4.78 is 0. The Hall–Kier alpha value is -2.44. The highest BCUT2D eigenvalue weighted by molar-refractivity contribution is 5.94. The number of nitrogens with one attached hydrogen (secondary N) is 1. The van der Waals surface area contributed by atoms with Crippen molar-refractivity contribution in [2.24, 2.45) is 0 Å². The lowest BCUT2D eigenvalue weighted by molar-refractivity contribution is -0.385. The van der Waals surface area contributed by atoms with E-state index in [4.69, 9.17) is 0 Å². The van der Waals surface area contributed by atoms with Gasteiger partial charge in [-0.15, -0.1) is 0 Å². The molecule has 0 aliphatic carbocycles. The van der Waals surface area contributed by atoms with E-state index in [9.17, 15) is 24.8 Å². The van der Waals surface area contributed by atoms with Crippen LogP contribution < -0.4 is 10.4 Å². The third-order valence-corrected chi connectivity index (χ3v) is 3.00. The fraction of sp³-hybridized carbons (Fsp3) is 0.333.